The monoisotopic (exact) mass is 439 g/mol. The Balaban J connectivity index is 1.23. The van der Waals surface area contributed by atoms with E-state index in [-0.39, 0.29) is 30.0 Å². The zero-order valence-electron chi connectivity index (χ0n) is 18.0. The minimum absolute atomic E-state index is 0.00118. The maximum absolute atomic E-state index is 13.9. The van der Waals surface area contributed by atoms with Crippen LogP contribution in [-0.2, 0) is 22.6 Å². The van der Waals surface area contributed by atoms with Crippen LogP contribution < -0.4 is 5.32 Å². The van der Waals surface area contributed by atoms with Crippen molar-refractivity contribution >= 4 is 17.5 Å². The maximum atomic E-state index is 13.9. The van der Waals surface area contributed by atoms with Crippen LogP contribution in [0.15, 0.2) is 47.3 Å². The Morgan fingerprint density at radius 2 is 2.00 bits per heavy atom. The van der Waals surface area contributed by atoms with E-state index < -0.39 is 0 Å². The van der Waals surface area contributed by atoms with Crippen LogP contribution in [0.25, 0.3) is 11.3 Å². The Bertz CT molecular complexity index is 1080. The second-order valence-electron chi connectivity index (χ2n) is 7.83. The summed E-state index contributed by atoms with van der Waals surface area (Å²) in [5.74, 6) is 0.212. The number of nitrogens with one attached hydrogen (secondary N) is 1. The summed E-state index contributed by atoms with van der Waals surface area (Å²) in [6.07, 6.45) is 6.76. The Hall–Kier alpha value is -3.49. The molecule has 3 heterocycles. The molecule has 1 N–H and O–H groups in total. The lowest BCUT2D eigenvalue weighted by atomic mass is 9.95. The Morgan fingerprint density at radius 3 is 2.72 bits per heavy atom. The summed E-state index contributed by atoms with van der Waals surface area (Å²) in [7, 11) is 0. The molecule has 168 valence electrons. The number of hydrogen-bond acceptors (Lipinski definition) is 5. The number of rotatable bonds is 7. The molecule has 1 saturated heterocycles. The van der Waals surface area contributed by atoms with E-state index in [1.165, 1.54) is 12.3 Å². The molecule has 0 bridgehead atoms. The fourth-order valence-corrected chi connectivity index (χ4v) is 3.82. The molecule has 0 radical (unpaired) electrons. The zero-order valence-corrected chi connectivity index (χ0v) is 18.0. The summed E-state index contributed by atoms with van der Waals surface area (Å²) < 4.78 is 21.3. The van der Waals surface area contributed by atoms with Gasteiger partial charge in [-0.3, -0.25) is 14.3 Å². The fraction of sp³-hybridized carbons (Fsp3) is 0.391. The number of carbonyl (C=O) groups is 2. The molecule has 3 aromatic rings. The highest BCUT2D eigenvalue weighted by atomic mass is 19.1. The number of hydrogen-bond donors (Lipinski definition) is 1. The third kappa shape index (κ3) is 5.04. The first-order valence-electron chi connectivity index (χ1n) is 10.8. The van der Waals surface area contributed by atoms with E-state index >= 15 is 0 Å². The molecule has 8 nitrogen and oxygen atoms in total. The predicted molar refractivity (Wildman–Crippen MR) is 116 cm³/mol. The summed E-state index contributed by atoms with van der Waals surface area (Å²) >= 11 is 0. The minimum Gasteiger partial charge on any atom is -0.441 e. The first-order valence-corrected chi connectivity index (χ1v) is 10.8. The number of anilines is 1. The third-order valence-electron chi connectivity index (χ3n) is 5.69. The lowest BCUT2D eigenvalue weighted by molar-refractivity contribution is -0.134. The first-order chi connectivity index (χ1) is 15.5. The molecular formula is C23H26FN5O3. The van der Waals surface area contributed by atoms with Crippen molar-refractivity contribution < 1.29 is 18.4 Å². The van der Waals surface area contributed by atoms with Crippen LogP contribution in [0.1, 0.15) is 32.1 Å². The third-order valence-corrected chi connectivity index (χ3v) is 5.69. The molecule has 0 aliphatic carbocycles. The van der Waals surface area contributed by atoms with Crippen LogP contribution >= 0.6 is 0 Å². The van der Waals surface area contributed by atoms with Gasteiger partial charge in [0.05, 0.1) is 23.6 Å². The lowest BCUT2D eigenvalue weighted by Gasteiger charge is -2.31. The number of oxazole rings is 1. The maximum Gasteiger partial charge on any atom is 0.227 e. The van der Waals surface area contributed by atoms with E-state index in [0.29, 0.717) is 55.3 Å². The van der Waals surface area contributed by atoms with Crippen molar-refractivity contribution in [1.82, 2.24) is 19.7 Å². The highest BCUT2D eigenvalue weighted by Crippen LogP contribution is 2.24. The number of carbonyl (C=O) groups excluding carboxylic acids is 2. The van der Waals surface area contributed by atoms with Crippen molar-refractivity contribution in [3.05, 3.63) is 54.6 Å². The van der Waals surface area contributed by atoms with Crippen LogP contribution in [0.3, 0.4) is 0 Å². The number of piperidine rings is 1. The van der Waals surface area contributed by atoms with Gasteiger partial charge in [0.15, 0.2) is 11.7 Å². The highest BCUT2D eigenvalue weighted by molar-refractivity contribution is 5.92. The SMILES string of the molecule is CCn1cc(NC(=O)C2CCN(C(=O)CCc3ncc(-c4ccccc4F)o3)CC2)cn1. The number of benzene rings is 1. The number of aryl methyl sites for hydroxylation is 2. The van der Waals surface area contributed by atoms with E-state index in [0.717, 1.165) is 6.54 Å². The first kappa shape index (κ1) is 21.7. The molecule has 1 aromatic carbocycles. The number of aromatic nitrogens is 3. The molecule has 0 saturated carbocycles. The van der Waals surface area contributed by atoms with Crippen molar-refractivity contribution in [1.29, 1.82) is 0 Å². The van der Waals surface area contributed by atoms with Crippen molar-refractivity contribution in [2.24, 2.45) is 5.92 Å². The second kappa shape index (κ2) is 9.76. The van der Waals surface area contributed by atoms with Crippen molar-refractivity contribution in [3.63, 3.8) is 0 Å². The van der Waals surface area contributed by atoms with Gasteiger partial charge >= 0.3 is 0 Å². The van der Waals surface area contributed by atoms with E-state index in [1.807, 2.05) is 6.92 Å². The van der Waals surface area contributed by atoms with Gasteiger partial charge in [-0.2, -0.15) is 5.10 Å². The van der Waals surface area contributed by atoms with Crippen LogP contribution in [-0.4, -0.2) is 44.6 Å². The van der Waals surface area contributed by atoms with Crippen molar-refractivity contribution in [3.8, 4) is 11.3 Å². The summed E-state index contributed by atoms with van der Waals surface area (Å²) in [6.45, 7) is 3.80. The Kier molecular flexibility index (Phi) is 6.63. The topological polar surface area (TPSA) is 93.3 Å². The van der Waals surface area contributed by atoms with Gasteiger partial charge in [0.25, 0.3) is 0 Å². The summed E-state index contributed by atoms with van der Waals surface area (Å²) in [6, 6.07) is 6.33. The van der Waals surface area contributed by atoms with E-state index in [2.05, 4.69) is 15.4 Å². The van der Waals surface area contributed by atoms with Gasteiger partial charge in [0.2, 0.25) is 11.8 Å². The lowest BCUT2D eigenvalue weighted by Crippen LogP contribution is -2.41. The Morgan fingerprint density at radius 1 is 1.22 bits per heavy atom. The van der Waals surface area contributed by atoms with Gasteiger partial charge in [-0.05, 0) is 31.9 Å². The average molecular weight is 439 g/mol. The molecule has 1 fully saturated rings. The molecule has 0 unspecified atom stereocenters. The van der Waals surface area contributed by atoms with Gasteiger partial charge in [0.1, 0.15) is 5.82 Å². The largest absolute Gasteiger partial charge is 0.441 e. The number of amides is 2. The van der Waals surface area contributed by atoms with Crippen LogP contribution in [0.4, 0.5) is 10.1 Å². The smallest absolute Gasteiger partial charge is 0.227 e. The van der Waals surface area contributed by atoms with Crippen LogP contribution in [0.5, 0.6) is 0 Å². The predicted octanol–water partition coefficient (Wildman–Crippen LogP) is 3.51. The molecule has 1 aliphatic rings. The molecular weight excluding hydrogens is 413 g/mol. The highest BCUT2D eigenvalue weighted by Gasteiger charge is 2.27. The summed E-state index contributed by atoms with van der Waals surface area (Å²) in [5, 5.41) is 7.06. The second-order valence-corrected chi connectivity index (χ2v) is 7.83. The molecule has 2 amide bonds. The normalized spacial score (nSPS) is 14.5. The van der Waals surface area contributed by atoms with E-state index in [9.17, 15) is 14.0 Å². The molecule has 9 heteroatoms. The number of likely N-dealkylation sites (tertiary alicyclic amines) is 1. The molecule has 4 rings (SSSR count). The van der Waals surface area contributed by atoms with Crippen LogP contribution in [0.2, 0.25) is 0 Å². The molecule has 1 aliphatic heterocycles. The van der Waals surface area contributed by atoms with Gasteiger partial charge in [-0.25, -0.2) is 9.37 Å². The Labute approximate surface area is 185 Å². The standard InChI is InChI=1S/C23H26FN5O3/c1-2-29-15-17(13-26-29)27-23(31)16-9-11-28(12-10-16)22(30)8-7-21-25-14-20(32-21)18-5-3-4-6-19(18)24/h3-6,13-16H,2,7-12H2,1H3,(H,27,31). The van der Waals surface area contributed by atoms with Gasteiger partial charge < -0.3 is 14.6 Å². The summed E-state index contributed by atoms with van der Waals surface area (Å²) in [4.78, 5) is 31.0. The minimum atomic E-state index is -0.377. The van der Waals surface area contributed by atoms with Gasteiger partial charge in [-0.1, -0.05) is 12.1 Å². The van der Waals surface area contributed by atoms with Crippen molar-refractivity contribution in [2.45, 2.75) is 39.2 Å². The van der Waals surface area contributed by atoms with Crippen LogP contribution in [0, 0.1) is 11.7 Å². The average Bonchev–Trinajstić information content (AvgIpc) is 3.47. The molecule has 0 atom stereocenters. The molecule has 32 heavy (non-hydrogen) atoms. The number of nitrogens with zero attached hydrogens (tertiary/aromatic N) is 4. The van der Waals surface area contributed by atoms with Gasteiger partial charge in [0, 0.05) is 44.6 Å². The molecule has 0 spiro atoms. The van der Waals surface area contributed by atoms with E-state index in [4.69, 9.17) is 4.42 Å². The van der Waals surface area contributed by atoms with Gasteiger partial charge in [-0.15, -0.1) is 0 Å². The molecule has 2 aromatic heterocycles. The van der Waals surface area contributed by atoms with E-state index in [1.54, 1.807) is 40.2 Å². The summed E-state index contributed by atoms with van der Waals surface area (Å²) in [5.41, 5.74) is 1.04. The van der Waals surface area contributed by atoms with Crippen molar-refractivity contribution in [2.75, 3.05) is 18.4 Å². The zero-order chi connectivity index (χ0) is 22.5. The quantitative estimate of drug-likeness (QED) is 0.608. The number of halogens is 1. The fourth-order valence-electron chi connectivity index (χ4n) is 3.82.